The van der Waals surface area contributed by atoms with E-state index in [1.807, 2.05) is 0 Å². The van der Waals surface area contributed by atoms with Crippen molar-refractivity contribution in [3.05, 3.63) is 0 Å². The summed E-state index contributed by atoms with van der Waals surface area (Å²) < 4.78 is 77.1. The van der Waals surface area contributed by atoms with Gasteiger partial charge < -0.3 is 4.55 Å². The average Bonchev–Trinajstić information content (AvgIpc) is 1.52. The molecule has 0 aliphatic heterocycles. The first kappa shape index (κ1) is 16.7. The van der Waals surface area contributed by atoms with Crippen LogP contribution in [0.15, 0.2) is 0 Å². The van der Waals surface area contributed by atoms with Crippen molar-refractivity contribution in [2.24, 2.45) is 0 Å². The molecular weight excluding hydrogens is 243 g/mol. The minimum absolute atomic E-state index is 0. The Bertz CT molecular complexity index is 257. The third kappa shape index (κ3) is 6.36. The zero-order chi connectivity index (χ0) is 10.2. The summed E-state index contributed by atoms with van der Waals surface area (Å²) in [6.07, 6.45) is 0. The molecule has 0 atom stereocenters. The van der Waals surface area contributed by atoms with E-state index in [1.54, 1.807) is 0 Å². The molecule has 0 saturated heterocycles. The zero-order valence-corrected chi connectivity index (χ0v) is 10.8. The van der Waals surface area contributed by atoms with Crippen molar-refractivity contribution in [2.45, 2.75) is 18.8 Å². The van der Waals surface area contributed by atoms with Gasteiger partial charge in [0.25, 0.3) is 0 Å². The Morgan fingerprint density at radius 1 is 1.23 bits per heavy atom. The maximum Gasteiger partial charge on any atom is 1.00 e. The van der Waals surface area contributed by atoms with Gasteiger partial charge in [-0.2, -0.15) is 8.78 Å². The van der Waals surface area contributed by atoms with Crippen LogP contribution in [0.3, 0.4) is 0 Å². The SMILES string of the molecule is CC(F)(F)C(F)(F)CS(=O)(=O)[O-].[K+]. The maximum absolute atomic E-state index is 12.1. The average molecular weight is 248 g/mol. The van der Waals surface area contributed by atoms with E-state index < -0.39 is 27.7 Å². The monoisotopic (exact) mass is 248 g/mol. The fourth-order valence-electron chi connectivity index (χ4n) is 0.349. The molecule has 0 N–H and O–H groups in total. The molecule has 0 aromatic heterocycles. The smallest absolute Gasteiger partial charge is 0.748 e. The van der Waals surface area contributed by atoms with Crippen molar-refractivity contribution in [3.8, 4) is 0 Å². The summed E-state index contributed by atoms with van der Waals surface area (Å²) in [7, 11) is -5.34. The van der Waals surface area contributed by atoms with Crippen LogP contribution < -0.4 is 51.4 Å². The second kappa shape index (κ2) is 4.86. The van der Waals surface area contributed by atoms with Crippen LogP contribution in [0.4, 0.5) is 17.6 Å². The fraction of sp³-hybridized carbons (Fsp3) is 1.00. The Hall–Kier alpha value is 1.27. The van der Waals surface area contributed by atoms with E-state index in [1.165, 1.54) is 0 Å². The quantitative estimate of drug-likeness (QED) is 0.324. The van der Waals surface area contributed by atoms with E-state index in [-0.39, 0.29) is 58.3 Å². The summed E-state index contributed by atoms with van der Waals surface area (Å²) in [5, 5.41) is 0. The van der Waals surface area contributed by atoms with Gasteiger partial charge in [-0.15, -0.1) is 0 Å². The van der Waals surface area contributed by atoms with Gasteiger partial charge in [-0.3, -0.25) is 0 Å². The Morgan fingerprint density at radius 3 is 1.62 bits per heavy atom. The van der Waals surface area contributed by atoms with E-state index in [4.69, 9.17) is 0 Å². The molecule has 0 spiro atoms. The number of alkyl halides is 4. The van der Waals surface area contributed by atoms with Crippen molar-refractivity contribution in [3.63, 3.8) is 0 Å². The van der Waals surface area contributed by atoms with Crippen LogP contribution in [-0.4, -0.2) is 30.6 Å². The van der Waals surface area contributed by atoms with Crippen molar-refractivity contribution < 1.29 is 81.9 Å². The summed E-state index contributed by atoms with van der Waals surface area (Å²) in [5.74, 6) is -11.7. The molecule has 0 saturated carbocycles. The van der Waals surface area contributed by atoms with Gasteiger partial charge in [0.1, 0.15) is 15.9 Å². The molecule has 0 fully saturated rings. The van der Waals surface area contributed by atoms with E-state index in [2.05, 4.69) is 0 Å². The molecule has 3 nitrogen and oxygen atoms in total. The topological polar surface area (TPSA) is 57.2 Å². The molecule has 0 rings (SSSR count). The molecule has 74 valence electrons. The largest absolute Gasteiger partial charge is 1.00 e. The van der Waals surface area contributed by atoms with Crippen LogP contribution in [0.1, 0.15) is 6.92 Å². The zero-order valence-electron chi connectivity index (χ0n) is 6.85. The van der Waals surface area contributed by atoms with Crippen molar-refractivity contribution in [1.29, 1.82) is 0 Å². The van der Waals surface area contributed by atoms with Crippen LogP contribution in [0, 0.1) is 0 Å². The van der Waals surface area contributed by atoms with Crippen LogP contribution >= 0.6 is 0 Å². The number of hydrogen-bond acceptors (Lipinski definition) is 3. The van der Waals surface area contributed by atoms with Crippen LogP contribution in [0.5, 0.6) is 0 Å². The number of rotatable bonds is 3. The van der Waals surface area contributed by atoms with E-state index >= 15 is 0 Å². The van der Waals surface area contributed by atoms with Crippen molar-refractivity contribution in [1.82, 2.24) is 0 Å². The summed E-state index contributed by atoms with van der Waals surface area (Å²) in [4.78, 5) is 0. The molecule has 0 unspecified atom stereocenters. The second-order valence-electron chi connectivity index (χ2n) is 2.29. The van der Waals surface area contributed by atoms with Gasteiger partial charge in [0.2, 0.25) is 0 Å². The minimum Gasteiger partial charge on any atom is -0.748 e. The summed E-state index contributed by atoms with van der Waals surface area (Å²) >= 11 is 0. The van der Waals surface area contributed by atoms with Gasteiger partial charge >= 0.3 is 63.2 Å². The molecule has 0 aliphatic rings. The first-order chi connectivity index (χ1) is 4.96. The summed E-state index contributed by atoms with van der Waals surface area (Å²) in [5.41, 5.74) is 0. The Balaban J connectivity index is 0. The molecule has 0 amide bonds. The molecule has 0 aromatic carbocycles. The molecule has 0 aliphatic carbocycles. The standard InChI is InChI=1S/C4H6F4O3S.K/c1-3(5,6)4(7,8)2-12(9,10)11;/h2H2,1H3,(H,9,10,11);/q;+1/p-1. The van der Waals surface area contributed by atoms with Crippen molar-refractivity contribution in [2.75, 3.05) is 5.75 Å². The number of hydrogen-bond donors (Lipinski definition) is 0. The first-order valence-electron chi connectivity index (χ1n) is 2.65. The van der Waals surface area contributed by atoms with Crippen LogP contribution in [-0.2, 0) is 10.1 Å². The van der Waals surface area contributed by atoms with Crippen LogP contribution in [0.2, 0.25) is 0 Å². The number of halogens is 4. The third-order valence-electron chi connectivity index (χ3n) is 1.00. The molecule has 0 radical (unpaired) electrons. The second-order valence-corrected chi connectivity index (χ2v) is 3.70. The molecule has 0 bridgehead atoms. The molecule has 0 aromatic rings. The molecular formula is C4H5F4KO3S. The van der Waals surface area contributed by atoms with Crippen molar-refractivity contribution >= 4 is 10.1 Å². The Morgan fingerprint density at radius 2 is 1.54 bits per heavy atom. The molecule has 13 heavy (non-hydrogen) atoms. The van der Waals surface area contributed by atoms with Crippen LogP contribution in [0.25, 0.3) is 0 Å². The summed E-state index contributed by atoms with van der Waals surface area (Å²) in [6.45, 7) is -0.155. The van der Waals surface area contributed by atoms with Gasteiger partial charge in [0, 0.05) is 6.92 Å². The predicted octanol–water partition coefficient (Wildman–Crippen LogP) is -2.17. The Labute approximate surface area is 115 Å². The normalized spacial score (nSPS) is 13.7. The van der Waals surface area contributed by atoms with Gasteiger partial charge in [-0.1, -0.05) is 0 Å². The van der Waals surface area contributed by atoms with Gasteiger partial charge in [-0.25, -0.2) is 17.2 Å². The molecule has 0 heterocycles. The van der Waals surface area contributed by atoms with Gasteiger partial charge in [-0.05, 0) is 0 Å². The van der Waals surface area contributed by atoms with E-state index in [0.717, 1.165) is 0 Å². The molecule has 9 heteroatoms. The van der Waals surface area contributed by atoms with E-state index in [9.17, 15) is 30.5 Å². The minimum atomic E-state index is -5.34. The van der Waals surface area contributed by atoms with Gasteiger partial charge in [0.15, 0.2) is 0 Å². The predicted molar refractivity (Wildman–Crippen MR) is 30.1 cm³/mol. The maximum atomic E-state index is 12.1. The summed E-state index contributed by atoms with van der Waals surface area (Å²) in [6, 6.07) is 0. The first-order valence-corrected chi connectivity index (χ1v) is 4.23. The third-order valence-corrected chi connectivity index (χ3v) is 1.72. The Kier molecular flexibility index (Phi) is 6.24. The van der Waals surface area contributed by atoms with Gasteiger partial charge in [0.05, 0.1) is 0 Å². The van der Waals surface area contributed by atoms with E-state index in [0.29, 0.717) is 0 Å². The fourth-order valence-corrected chi connectivity index (χ4v) is 1.05.